The number of benzene rings is 2. The summed E-state index contributed by atoms with van der Waals surface area (Å²) in [6, 6.07) is 8.13. The summed E-state index contributed by atoms with van der Waals surface area (Å²) < 4.78 is 25.9. The molecule has 3 nitrogen and oxygen atoms in total. The normalized spacial score (nSPS) is 17.8. The number of rotatable bonds is 0. The Hall–Kier alpha value is -2.21. The number of imide groups is 1. The van der Waals surface area contributed by atoms with Crippen LogP contribution in [0.4, 0.5) is 13.6 Å². The number of thioether (sulfide) groups is 1. The molecule has 21 heavy (non-hydrogen) atoms. The van der Waals surface area contributed by atoms with Gasteiger partial charge in [0.2, 0.25) is 0 Å². The SMILES string of the molecule is O=C1NC(=O)C2(S1)c1cc(F)ccc1-c1ccc(F)cc12. The fraction of sp³-hybridized carbons (Fsp3) is 0.0667. The van der Waals surface area contributed by atoms with Gasteiger partial charge in [-0.15, -0.1) is 0 Å². The minimum Gasteiger partial charge on any atom is -0.285 e. The lowest BCUT2D eigenvalue weighted by Crippen LogP contribution is -2.33. The lowest BCUT2D eigenvalue weighted by molar-refractivity contribution is -0.120. The lowest BCUT2D eigenvalue weighted by atomic mass is 9.94. The summed E-state index contributed by atoms with van der Waals surface area (Å²) in [7, 11) is 0. The highest BCUT2D eigenvalue weighted by Crippen LogP contribution is 2.57. The molecule has 2 amide bonds. The Morgan fingerprint density at radius 3 is 1.86 bits per heavy atom. The number of fused-ring (bicyclic) bond motifs is 5. The highest BCUT2D eigenvalue weighted by molar-refractivity contribution is 8.15. The third-order valence-electron chi connectivity index (χ3n) is 3.79. The highest BCUT2D eigenvalue weighted by atomic mass is 32.2. The van der Waals surface area contributed by atoms with Crippen molar-refractivity contribution in [1.29, 1.82) is 0 Å². The van der Waals surface area contributed by atoms with E-state index in [0.29, 0.717) is 22.3 Å². The topological polar surface area (TPSA) is 46.2 Å². The van der Waals surface area contributed by atoms with Crippen molar-refractivity contribution in [3.8, 4) is 11.1 Å². The molecular formula is C15H7F2NO2S. The van der Waals surface area contributed by atoms with E-state index in [-0.39, 0.29) is 0 Å². The first-order valence-corrected chi connectivity index (χ1v) is 6.99. The summed E-state index contributed by atoms with van der Waals surface area (Å²) in [6.45, 7) is 0. The molecule has 2 aliphatic rings. The van der Waals surface area contributed by atoms with Crippen LogP contribution in [0.1, 0.15) is 11.1 Å². The van der Waals surface area contributed by atoms with Crippen LogP contribution in [0.5, 0.6) is 0 Å². The van der Waals surface area contributed by atoms with Gasteiger partial charge in [-0.05, 0) is 58.3 Å². The number of hydrogen-bond acceptors (Lipinski definition) is 3. The summed E-state index contributed by atoms with van der Waals surface area (Å²) in [4.78, 5) is 24.0. The molecule has 1 N–H and O–H groups in total. The van der Waals surface area contributed by atoms with Gasteiger partial charge < -0.3 is 0 Å². The van der Waals surface area contributed by atoms with Gasteiger partial charge in [0.25, 0.3) is 11.1 Å². The predicted octanol–water partition coefficient (Wildman–Crippen LogP) is 3.17. The second-order valence-corrected chi connectivity index (χ2v) is 6.09. The molecule has 1 aliphatic heterocycles. The largest absolute Gasteiger partial charge is 0.287 e. The van der Waals surface area contributed by atoms with Gasteiger partial charge in [-0.1, -0.05) is 12.1 Å². The van der Waals surface area contributed by atoms with Gasteiger partial charge in [0.1, 0.15) is 11.6 Å². The molecule has 0 aromatic heterocycles. The molecule has 104 valence electrons. The van der Waals surface area contributed by atoms with E-state index in [1.807, 2.05) is 0 Å². The standard InChI is InChI=1S/C15H7F2NO2S/c16-7-1-3-9-10-4-2-8(17)6-12(10)15(11(9)5-7)13(19)18-14(20)21-15/h1-6H,(H,18,19,20). The van der Waals surface area contributed by atoms with E-state index >= 15 is 0 Å². The van der Waals surface area contributed by atoms with Crippen LogP contribution in [0, 0.1) is 11.6 Å². The fourth-order valence-corrected chi connectivity index (χ4v) is 4.10. The van der Waals surface area contributed by atoms with Crippen LogP contribution in [-0.4, -0.2) is 11.1 Å². The van der Waals surface area contributed by atoms with Crippen molar-refractivity contribution in [3.63, 3.8) is 0 Å². The molecule has 1 heterocycles. The maximum Gasteiger partial charge on any atom is 0.287 e. The van der Waals surface area contributed by atoms with Crippen LogP contribution in [0.15, 0.2) is 36.4 Å². The van der Waals surface area contributed by atoms with E-state index in [1.54, 1.807) is 12.1 Å². The molecule has 0 atom stereocenters. The van der Waals surface area contributed by atoms with Crippen LogP contribution in [0.2, 0.25) is 0 Å². The summed E-state index contributed by atoms with van der Waals surface area (Å²) in [5.41, 5.74) is 2.06. The van der Waals surface area contributed by atoms with Crippen LogP contribution in [0.25, 0.3) is 11.1 Å². The molecule has 1 saturated heterocycles. The molecule has 0 unspecified atom stereocenters. The van der Waals surface area contributed by atoms with Gasteiger partial charge in [0.15, 0.2) is 4.75 Å². The molecule has 4 rings (SSSR count). The van der Waals surface area contributed by atoms with Crippen LogP contribution in [-0.2, 0) is 9.54 Å². The Balaban J connectivity index is 2.12. The van der Waals surface area contributed by atoms with E-state index in [2.05, 4.69) is 5.32 Å². The molecule has 0 saturated carbocycles. The van der Waals surface area contributed by atoms with E-state index in [9.17, 15) is 18.4 Å². The zero-order valence-electron chi connectivity index (χ0n) is 10.4. The first-order valence-electron chi connectivity index (χ1n) is 6.17. The van der Waals surface area contributed by atoms with Gasteiger partial charge in [0.05, 0.1) is 0 Å². The molecule has 2 aromatic carbocycles. The maximum atomic E-state index is 13.6. The summed E-state index contributed by atoms with van der Waals surface area (Å²) in [5.74, 6) is -1.57. The Bertz CT molecular complexity index is 783. The fourth-order valence-electron chi connectivity index (χ4n) is 2.98. The number of nitrogens with one attached hydrogen (secondary N) is 1. The minimum atomic E-state index is -1.40. The smallest absolute Gasteiger partial charge is 0.285 e. The van der Waals surface area contributed by atoms with Crippen molar-refractivity contribution in [3.05, 3.63) is 59.2 Å². The van der Waals surface area contributed by atoms with E-state index < -0.39 is 27.5 Å². The van der Waals surface area contributed by atoms with Gasteiger partial charge >= 0.3 is 0 Å². The van der Waals surface area contributed by atoms with Crippen LogP contribution >= 0.6 is 11.8 Å². The predicted molar refractivity (Wildman–Crippen MR) is 73.7 cm³/mol. The number of halogens is 2. The Labute approximate surface area is 122 Å². The van der Waals surface area contributed by atoms with Crippen LogP contribution < -0.4 is 5.32 Å². The van der Waals surface area contributed by atoms with E-state index in [4.69, 9.17) is 0 Å². The number of carbonyl (C=O) groups excluding carboxylic acids is 2. The molecule has 0 radical (unpaired) electrons. The van der Waals surface area contributed by atoms with Crippen molar-refractivity contribution in [2.45, 2.75) is 4.75 Å². The molecule has 0 bridgehead atoms. The molecule has 1 aliphatic carbocycles. The monoisotopic (exact) mass is 303 g/mol. The Morgan fingerprint density at radius 2 is 1.43 bits per heavy atom. The van der Waals surface area contributed by atoms with Crippen molar-refractivity contribution >= 4 is 22.9 Å². The van der Waals surface area contributed by atoms with E-state index in [1.165, 1.54) is 24.3 Å². The first-order chi connectivity index (χ1) is 10.0. The second-order valence-electron chi connectivity index (χ2n) is 4.90. The number of amides is 2. The molecule has 1 spiro atoms. The van der Waals surface area contributed by atoms with Crippen molar-refractivity contribution < 1.29 is 18.4 Å². The average Bonchev–Trinajstić information content (AvgIpc) is 2.87. The highest BCUT2D eigenvalue weighted by Gasteiger charge is 2.56. The third kappa shape index (κ3) is 1.48. The Morgan fingerprint density at radius 1 is 0.905 bits per heavy atom. The van der Waals surface area contributed by atoms with Gasteiger partial charge in [-0.3, -0.25) is 14.9 Å². The molecule has 1 fully saturated rings. The van der Waals surface area contributed by atoms with Gasteiger partial charge in [0, 0.05) is 0 Å². The summed E-state index contributed by atoms with van der Waals surface area (Å²) in [5, 5.41) is 1.69. The number of carbonyl (C=O) groups is 2. The van der Waals surface area contributed by atoms with Gasteiger partial charge in [-0.25, -0.2) is 8.78 Å². The Kier molecular flexibility index (Phi) is 2.34. The van der Waals surface area contributed by atoms with Crippen LogP contribution in [0.3, 0.4) is 0 Å². The molecule has 2 aromatic rings. The van der Waals surface area contributed by atoms with Crippen molar-refractivity contribution in [2.75, 3.05) is 0 Å². The quantitative estimate of drug-likeness (QED) is 0.813. The second kappa shape index (κ2) is 3.92. The maximum absolute atomic E-state index is 13.6. The zero-order valence-corrected chi connectivity index (χ0v) is 11.3. The summed E-state index contributed by atoms with van der Waals surface area (Å²) >= 11 is 0.753. The van der Waals surface area contributed by atoms with Crippen molar-refractivity contribution in [2.24, 2.45) is 0 Å². The molecular weight excluding hydrogens is 296 g/mol. The summed E-state index contributed by atoms with van der Waals surface area (Å²) in [6.07, 6.45) is 0. The lowest BCUT2D eigenvalue weighted by Gasteiger charge is -2.20. The minimum absolute atomic E-state index is 0.386. The van der Waals surface area contributed by atoms with E-state index in [0.717, 1.165) is 11.8 Å². The third-order valence-corrected chi connectivity index (χ3v) is 5.01. The molecule has 6 heteroatoms. The van der Waals surface area contributed by atoms with Crippen molar-refractivity contribution in [1.82, 2.24) is 5.32 Å². The average molecular weight is 303 g/mol. The zero-order chi connectivity index (χ0) is 14.8. The first kappa shape index (κ1) is 12.5. The van der Waals surface area contributed by atoms with Gasteiger partial charge in [-0.2, -0.15) is 0 Å². The number of hydrogen-bond donors (Lipinski definition) is 1.